The van der Waals surface area contributed by atoms with Gasteiger partial charge in [0.15, 0.2) is 0 Å². The average molecular weight is 391 g/mol. The monoisotopic (exact) mass is 391 g/mol. The van der Waals surface area contributed by atoms with Gasteiger partial charge in [-0.05, 0) is 32.4 Å². The second kappa shape index (κ2) is 7.12. The fourth-order valence-corrected chi connectivity index (χ4v) is 3.74. The Balaban J connectivity index is 1.97. The van der Waals surface area contributed by atoms with E-state index in [1.165, 1.54) is 4.57 Å². The van der Waals surface area contributed by atoms with Gasteiger partial charge in [-0.15, -0.1) is 0 Å². The summed E-state index contributed by atoms with van der Waals surface area (Å²) in [6, 6.07) is 11.3. The van der Waals surface area contributed by atoms with Crippen LogP contribution >= 0.6 is 0 Å². The Labute approximate surface area is 169 Å². The number of fused-ring (bicyclic) bond motifs is 2. The summed E-state index contributed by atoms with van der Waals surface area (Å²) in [7, 11) is 0. The highest BCUT2D eigenvalue weighted by Crippen LogP contribution is 2.28. The van der Waals surface area contributed by atoms with E-state index in [2.05, 4.69) is 6.58 Å². The van der Waals surface area contributed by atoms with Gasteiger partial charge in [0.05, 0.1) is 29.8 Å². The summed E-state index contributed by atoms with van der Waals surface area (Å²) in [5.41, 5.74) is 2.90. The van der Waals surface area contributed by atoms with Crippen LogP contribution in [-0.2, 0) is 30.9 Å². The fourth-order valence-electron chi connectivity index (χ4n) is 3.74. The van der Waals surface area contributed by atoms with Crippen LogP contribution in [0.4, 0.5) is 0 Å². The van der Waals surface area contributed by atoms with Crippen LogP contribution in [0.15, 0.2) is 58.1 Å². The molecule has 4 rings (SSSR count). The number of aromatic nitrogens is 3. The topological polar surface area (TPSA) is 66.1 Å². The third kappa shape index (κ3) is 3.68. The molecule has 0 N–H and O–H groups in total. The number of hydrogen-bond donors (Lipinski definition) is 0. The maximum atomic E-state index is 13.3. The first-order valence-corrected chi connectivity index (χ1v) is 9.73. The van der Waals surface area contributed by atoms with Gasteiger partial charge in [-0.1, -0.05) is 42.5 Å². The van der Waals surface area contributed by atoms with Crippen LogP contribution in [0, 0.1) is 0 Å². The van der Waals surface area contributed by atoms with Crippen molar-refractivity contribution in [2.75, 3.05) is 0 Å². The first-order valence-electron chi connectivity index (χ1n) is 9.73. The molecule has 0 fully saturated rings. The van der Waals surface area contributed by atoms with Crippen molar-refractivity contribution in [1.82, 2.24) is 14.1 Å². The van der Waals surface area contributed by atoms with Crippen LogP contribution in [0.25, 0.3) is 11.0 Å². The molecule has 0 radical (unpaired) electrons. The molecule has 0 saturated carbocycles. The van der Waals surface area contributed by atoms with Crippen molar-refractivity contribution in [3.8, 4) is 0 Å². The summed E-state index contributed by atoms with van der Waals surface area (Å²) < 4.78 is 8.73. The maximum Gasteiger partial charge on any atom is 0.333 e. The number of ether oxygens (including phenoxy) is 1. The molecule has 6 nitrogen and oxygen atoms in total. The van der Waals surface area contributed by atoms with E-state index in [4.69, 9.17) is 9.72 Å². The smallest absolute Gasteiger partial charge is 0.333 e. The quantitative estimate of drug-likeness (QED) is 0.641. The summed E-state index contributed by atoms with van der Waals surface area (Å²) in [5.74, 6) is 0. The highest BCUT2D eigenvalue weighted by atomic mass is 16.5. The predicted octanol–water partition coefficient (Wildman–Crippen LogP) is 3.03. The Hall–Kier alpha value is -2.99. The van der Waals surface area contributed by atoms with Crippen LogP contribution in [0.5, 0.6) is 0 Å². The summed E-state index contributed by atoms with van der Waals surface area (Å²) in [6.07, 6.45) is 0.632. The van der Waals surface area contributed by atoms with Crippen LogP contribution in [0.2, 0.25) is 0 Å². The van der Waals surface area contributed by atoms with E-state index in [0.29, 0.717) is 30.6 Å². The Kier molecular flexibility index (Phi) is 4.74. The van der Waals surface area contributed by atoms with Crippen LogP contribution in [0.3, 0.4) is 0 Å². The van der Waals surface area contributed by atoms with Gasteiger partial charge < -0.3 is 4.74 Å². The third-order valence-corrected chi connectivity index (χ3v) is 5.19. The minimum Gasteiger partial charge on any atom is -0.370 e. The molecule has 0 unspecified atom stereocenters. The fraction of sp³-hybridized carbons (Fsp3) is 0.348. The van der Waals surface area contributed by atoms with Gasteiger partial charge in [0.2, 0.25) is 0 Å². The maximum absolute atomic E-state index is 13.3. The van der Waals surface area contributed by atoms with Gasteiger partial charge in [-0.2, -0.15) is 0 Å². The lowest BCUT2D eigenvalue weighted by Gasteiger charge is -2.31. The molecule has 29 heavy (non-hydrogen) atoms. The van der Waals surface area contributed by atoms with Crippen molar-refractivity contribution < 1.29 is 4.74 Å². The Morgan fingerprint density at radius 1 is 1.21 bits per heavy atom. The van der Waals surface area contributed by atoms with Crippen LogP contribution in [-0.4, -0.2) is 19.7 Å². The summed E-state index contributed by atoms with van der Waals surface area (Å²) >= 11 is 0. The minimum absolute atomic E-state index is 0.214. The highest BCUT2D eigenvalue weighted by molar-refractivity contribution is 5.75. The molecule has 1 aliphatic rings. The van der Waals surface area contributed by atoms with Crippen molar-refractivity contribution in [1.29, 1.82) is 0 Å². The zero-order valence-corrected chi connectivity index (χ0v) is 17.1. The van der Waals surface area contributed by atoms with E-state index in [9.17, 15) is 9.59 Å². The highest BCUT2D eigenvalue weighted by Gasteiger charge is 2.28. The van der Waals surface area contributed by atoms with E-state index in [0.717, 1.165) is 22.4 Å². The number of nitrogens with zero attached hydrogens (tertiary/aromatic N) is 3. The molecule has 0 aliphatic carbocycles. The van der Waals surface area contributed by atoms with Gasteiger partial charge in [-0.25, -0.2) is 9.78 Å². The first kappa shape index (κ1) is 19.3. The van der Waals surface area contributed by atoms with Gasteiger partial charge >= 0.3 is 5.69 Å². The molecule has 0 amide bonds. The molecular formula is C23H25N3O3. The molecule has 0 atom stereocenters. The molecule has 1 aliphatic heterocycles. The molecule has 1 aromatic carbocycles. The van der Waals surface area contributed by atoms with Crippen molar-refractivity contribution in [2.45, 2.75) is 52.5 Å². The molecule has 3 heterocycles. The average Bonchev–Trinajstić information content (AvgIpc) is 2.67. The van der Waals surface area contributed by atoms with Crippen molar-refractivity contribution >= 4 is 11.0 Å². The van der Waals surface area contributed by atoms with Gasteiger partial charge in [-0.3, -0.25) is 13.9 Å². The standard InChI is InChI=1S/C23H25N3O3/c1-15(2)12-25-20-18(10-17-14-29-23(3,4)11-19(17)24-20)21(27)26(22(25)28)13-16-8-6-5-7-9-16/h5-10H,1,11-14H2,2-4H3. The number of hydrogen-bond acceptors (Lipinski definition) is 4. The third-order valence-electron chi connectivity index (χ3n) is 5.19. The Morgan fingerprint density at radius 3 is 2.62 bits per heavy atom. The van der Waals surface area contributed by atoms with Crippen LogP contribution in [0.1, 0.15) is 37.6 Å². The lowest BCUT2D eigenvalue weighted by Crippen LogP contribution is -2.41. The van der Waals surface area contributed by atoms with E-state index in [1.54, 1.807) is 4.57 Å². The van der Waals surface area contributed by atoms with Crippen molar-refractivity contribution in [3.05, 3.63) is 86.2 Å². The summed E-state index contributed by atoms with van der Waals surface area (Å²) in [4.78, 5) is 31.3. The van der Waals surface area contributed by atoms with Crippen molar-refractivity contribution in [3.63, 3.8) is 0 Å². The molecular weight excluding hydrogens is 366 g/mol. The zero-order valence-electron chi connectivity index (χ0n) is 17.1. The Morgan fingerprint density at radius 2 is 1.93 bits per heavy atom. The zero-order chi connectivity index (χ0) is 20.8. The molecule has 150 valence electrons. The van der Waals surface area contributed by atoms with E-state index >= 15 is 0 Å². The molecule has 0 spiro atoms. The number of pyridine rings is 1. The number of benzene rings is 1. The van der Waals surface area contributed by atoms with Gasteiger partial charge in [0.1, 0.15) is 5.65 Å². The lowest BCUT2D eigenvalue weighted by molar-refractivity contribution is -0.0411. The number of allylic oxidation sites excluding steroid dienone is 1. The predicted molar refractivity (Wildman–Crippen MR) is 113 cm³/mol. The lowest BCUT2D eigenvalue weighted by atomic mass is 9.95. The molecule has 6 heteroatoms. The van der Waals surface area contributed by atoms with Gasteiger partial charge in [0, 0.05) is 18.5 Å². The summed E-state index contributed by atoms with van der Waals surface area (Å²) in [5, 5.41) is 0.434. The van der Waals surface area contributed by atoms with E-state index in [1.807, 2.05) is 57.2 Å². The van der Waals surface area contributed by atoms with Crippen molar-refractivity contribution in [2.24, 2.45) is 0 Å². The van der Waals surface area contributed by atoms with E-state index < -0.39 is 0 Å². The molecule has 0 bridgehead atoms. The minimum atomic E-state index is -0.367. The van der Waals surface area contributed by atoms with Crippen LogP contribution < -0.4 is 11.2 Å². The SMILES string of the molecule is C=C(C)Cn1c(=O)n(Cc2ccccc2)c(=O)c2cc3c(nc21)CC(C)(C)OC3. The Bertz CT molecular complexity index is 1220. The second-order valence-electron chi connectivity index (χ2n) is 8.39. The van der Waals surface area contributed by atoms with Gasteiger partial charge in [0.25, 0.3) is 5.56 Å². The number of rotatable bonds is 4. The summed E-state index contributed by atoms with van der Waals surface area (Å²) in [6.45, 7) is 10.8. The largest absolute Gasteiger partial charge is 0.370 e. The normalized spacial score (nSPS) is 15.3. The van der Waals surface area contributed by atoms with E-state index in [-0.39, 0.29) is 23.4 Å². The molecule has 3 aromatic rings. The molecule has 2 aromatic heterocycles. The second-order valence-corrected chi connectivity index (χ2v) is 8.39. The molecule has 0 saturated heterocycles. The first-order chi connectivity index (χ1) is 13.7.